The second-order valence-corrected chi connectivity index (χ2v) is 5.40. The number of aliphatic hydroxyl groups excluding tert-OH is 3. The monoisotopic (exact) mass is 348 g/mol. The van der Waals surface area contributed by atoms with Crippen molar-refractivity contribution in [3.63, 3.8) is 0 Å². The quantitative estimate of drug-likeness (QED) is 0.386. The molecule has 0 spiro atoms. The van der Waals surface area contributed by atoms with Gasteiger partial charge in [0.15, 0.2) is 10.5 Å². The number of aromatic nitrogens is 2. The lowest BCUT2D eigenvalue weighted by atomic mass is 9.99. The average Bonchev–Trinajstić information content (AvgIpc) is 2.72. The Morgan fingerprint density at radius 2 is 2.22 bits per heavy atom. The van der Waals surface area contributed by atoms with E-state index in [0.29, 0.717) is 0 Å². The molecule has 4 atom stereocenters. The highest BCUT2D eigenvalue weighted by molar-refractivity contribution is 7.71. The van der Waals surface area contributed by atoms with Gasteiger partial charge in [-0.3, -0.25) is 19.1 Å². The molecule has 0 radical (unpaired) electrons. The number of carboxylic acid groups (broad SMARTS) is 1. The summed E-state index contributed by atoms with van der Waals surface area (Å²) in [6.45, 7) is -0.645. The van der Waals surface area contributed by atoms with E-state index in [1.165, 1.54) is 7.11 Å². The lowest BCUT2D eigenvalue weighted by molar-refractivity contribution is -0.173. The van der Waals surface area contributed by atoms with Gasteiger partial charge in [0.05, 0.1) is 26.3 Å². The average molecular weight is 348 g/mol. The smallest absolute Gasteiger partial charge is 0.308 e. The van der Waals surface area contributed by atoms with Crippen LogP contribution in [0.3, 0.4) is 0 Å². The number of rotatable bonds is 5. The highest BCUT2D eigenvalue weighted by atomic mass is 32.1. The molecule has 1 saturated heterocycles. The molecule has 2 rings (SSSR count). The molecule has 0 aliphatic carbocycles. The normalized spacial score (nSPS) is 30.3. The minimum Gasteiger partial charge on any atom is -0.490 e. The number of carboxylic acids is 1. The zero-order valence-corrected chi connectivity index (χ0v) is 12.8. The first-order valence-electron chi connectivity index (χ1n) is 6.54. The van der Waals surface area contributed by atoms with Crippen molar-refractivity contribution in [3.05, 3.63) is 21.3 Å². The molecule has 0 unspecified atom stereocenters. The first kappa shape index (κ1) is 17.6. The molecule has 2 heterocycles. The molecule has 0 amide bonds. The molecule has 23 heavy (non-hydrogen) atoms. The molecule has 0 aromatic carbocycles. The molecule has 1 aliphatic rings. The van der Waals surface area contributed by atoms with Gasteiger partial charge < -0.3 is 29.9 Å². The molecule has 0 saturated carbocycles. The minimum atomic E-state index is -2.01. The third-order valence-electron chi connectivity index (χ3n) is 3.64. The Bertz CT molecular complexity index is 716. The summed E-state index contributed by atoms with van der Waals surface area (Å²) in [5.74, 6) is -1.54. The van der Waals surface area contributed by atoms with Gasteiger partial charge in [0.25, 0.3) is 5.56 Å². The lowest BCUT2D eigenvalue weighted by Crippen LogP contribution is -2.48. The minimum absolute atomic E-state index is 0.193. The summed E-state index contributed by atoms with van der Waals surface area (Å²) in [5.41, 5.74) is -2.65. The number of hydrogen-bond donors (Lipinski definition) is 5. The van der Waals surface area contributed by atoms with Crippen LogP contribution in [0.1, 0.15) is 6.42 Å². The molecule has 10 nitrogen and oxygen atoms in total. The lowest BCUT2D eigenvalue weighted by Gasteiger charge is -2.33. The topological polar surface area (TPSA) is 154 Å². The number of nitrogens with one attached hydrogen (secondary N) is 1. The third kappa shape index (κ3) is 2.88. The van der Waals surface area contributed by atoms with Crippen LogP contribution in [0.25, 0.3) is 0 Å². The molecule has 128 valence electrons. The summed E-state index contributed by atoms with van der Waals surface area (Å²) in [5, 5.41) is 38.7. The number of ether oxygens (including phenoxy) is 2. The van der Waals surface area contributed by atoms with Crippen molar-refractivity contribution >= 4 is 18.2 Å². The highest BCUT2D eigenvalue weighted by Gasteiger charge is 2.56. The van der Waals surface area contributed by atoms with Gasteiger partial charge in [0.2, 0.25) is 5.75 Å². The van der Waals surface area contributed by atoms with Crippen molar-refractivity contribution in [2.24, 2.45) is 0 Å². The maximum atomic E-state index is 11.7. The van der Waals surface area contributed by atoms with Gasteiger partial charge in [-0.15, -0.1) is 0 Å². The van der Waals surface area contributed by atoms with Crippen molar-refractivity contribution in [3.8, 4) is 5.75 Å². The van der Waals surface area contributed by atoms with Crippen LogP contribution in [0.5, 0.6) is 5.75 Å². The van der Waals surface area contributed by atoms with E-state index >= 15 is 0 Å². The van der Waals surface area contributed by atoms with Crippen molar-refractivity contribution in [2.75, 3.05) is 13.7 Å². The van der Waals surface area contributed by atoms with Gasteiger partial charge in [-0.05, 0) is 12.2 Å². The summed E-state index contributed by atoms with van der Waals surface area (Å²) in [4.78, 5) is 25.2. The summed E-state index contributed by atoms with van der Waals surface area (Å²) < 4.78 is 11.1. The van der Waals surface area contributed by atoms with Crippen LogP contribution >= 0.6 is 12.2 Å². The Balaban J connectivity index is 2.68. The van der Waals surface area contributed by atoms with Crippen LogP contribution in [0, 0.1) is 4.77 Å². The van der Waals surface area contributed by atoms with E-state index in [-0.39, 0.29) is 10.5 Å². The number of carbonyl (C=O) groups is 1. The van der Waals surface area contributed by atoms with Gasteiger partial charge in [-0.2, -0.15) is 0 Å². The fourth-order valence-electron chi connectivity index (χ4n) is 2.54. The van der Waals surface area contributed by atoms with Crippen molar-refractivity contribution in [1.82, 2.24) is 9.55 Å². The van der Waals surface area contributed by atoms with Crippen LogP contribution < -0.4 is 10.3 Å². The van der Waals surface area contributed by atoms with Crippen molar-refractivity contribution in [1.29, 1.82) is 0 Å². The summed E-state index contributed by atoms with van der Waals surface area (Å²) >= 11 is 5.00. The van der Waals surface area contributed by atoms with E-state index < -0.39 is 48.6 Å². The van der Waals surface area contributed by atoms with Crippen LogP contribution in [0.4, 0.5) is 0 Å². The predicted octanol–water partition coefficient (Wildman–Crippen LogP) is -1.85. The Morgan fingerprint density at radius 3 is 2.70 bits per heavy atom. The SMILES string of the molecule is COc1cn([C@]2(CC(=O)O)O[C@H](CO)[C@@H](O)[C@H]2O)c(=S)[nH]c1=O. The predicted molar refractivity (Wildman–Crippen MR) is 76.6 cm³/mol. The van der Waals surface area contributed by atoms with E-state index in [4.69, 9.17) is 26.8 Å². The molecule has 5 N–H and O–H groups in total. The highest BCUT2D eigenvalue weighted by Crippen LogP contribution is 2.39. The van der Waals surface area contributed by atoms with Gasteiger partial charge in [0, 0.05) is 0 Å². The molecule has 11 heteroatoms. The molecular formula is C12H16N2O8S. The maximum absolute atomic E-state index is 11.7. The summed E-state index contributed by atoms with van der Waals surface area (Å²) in [6, 6.07) is 0. The Morgan fingerprint density at radius 1 is 1.57 bits per heavy atom. The van der Waals surface area contributed by atoms with Crippen LogP contribution in [-0.2, 0) is 15.3 Å². The number of aromatic amines is 1. The van der Waals surface area contributed by atoms with E-state index in [1.807, 2.05) is 0 Å². The van der Waals surface area contributed by atoms with E-state index in [1.54, 1.807) is 0 Å². The van der Waals surface area contributed by atoms with Crippen LogP contribution in [-0.4, -0.2) is 68.0 Å². The summed E-state index contributed by atoms with van der Waals surface area (Å²) in [6.07, 6.45) is -4.16. The number of aliphatic hydroxyl groups is 3. The summed E-state index contributed by atoms with van der Waals surface area (Å²) in [7, 11) is 1.22. The van der Waals surface area contributed by atoms with Gasteiger partial charge in [-0.25, -0.2) is 0 Å². The van der Waals surface area contributed by atoms with Crippen LogP contribution in [0.15, 0.2) is 11.0 Å². The zero-order valence-electron chi connectivity index (χ0n) is 12.0. The van der Waals surface area contributed by atoms with Gasteiger partial charge in [-0.1, -0.05) is 0 Å². The van der Waals surface area contributed by atoms with E-state index in [2.05, 4.69) is 4.98 Å². The standard InChI is InChI=1S/C12H16N2O8S/c1-21-5-3-14(11(23)13-10(5)20)12(2-7(16)17)9(19)8(18)6(4-15)22-12/h3,6,8-9,15,18-19H,2,4H2,1H3,(H,16,17)(H,13,20,23)/t6-,8-,9-,12-/m1/s1. The number of nitrogens with zero attached hydrogens (tertiary/aromatic N) is 1. The third-order valence-corrected chi connectivity index (χ3v) is 3.94. The number of hydrogen-bond acceptors (Lipinski definition) is 8. The number of methoxy groups -OCH3 is 1. The Kier molecular flexibility index (Phi) is 4.87. The molecule has 1 aromatic rings. The van der Waals surface area contributed by atoms with Crippen molar-refractivity contribution in [2.45, 2.75) is 30.5 Å². The molecule has 1 fully saturated rings. The molecule has 1 aromatic heterocycles. The second-order valence-electron chi connectivity index (χ2n) is 5.02. The van der Waals surface area contributed by atoms with E-state index in [9.17, 15) is 24.9 Å². The second kappa shape index (κ2) is 6.37. The molecule has 0 bridgehead atoms. The molecule has 1 aliphatic heterocycles. The Labute approximate surface area is 134 Å². The number of H-pyrrole nitrogens is 1. The van der Waals surface area contributed by atoms with Gasteiger partial charge in [0.1, 0.15) is 18.3 Å². The molecular weight excluding hydrogens is 332 g/mol. The number of aliphatic carboxylic acids is 1. The zero-order chi connectivity index (χ0) is 17.4. The van der Waals surface area contributed by atoms with E-state index in [0.717, 1.165) is 10.8 Å². The largest absolute Gasteiger partial charge is 0.490 e. The first-order chi connectivity index (χ1) is 10.8. The fraction of sp³-hybridized carbons (Fsp3) is 0.583. The van der Waals surface area contributed by atoms with Crippen molar-refractivity contribution < 1.29 is 34.7 Å². The maximum Gasteiger partial charge on any atom is 0.308 e. The van der Waals surface area contributed by atoms with Crippen LogP contribution in [0.2, 0.25) is 0 Å². The van der Waals surface area contributed by atoms with Gasteiger partial charge >= 0.3 is 5.97 Å². The Hall–Kier alpha value is -1.79. The first-order valence-corrected chi connectivity index (χ1v) is 6.94. The fourth-order valence-corrected chi connectivity index (χ4v) is 2.84.